The molecule has 8 heteroatoms. The summed E-state index contributed by atoms with van der Waals surface area (Å²) in [5, 5.41) is 5.97. The molecule has 29 heavy (non-hydrogen) atoms. The Morgan fingerprint density at radius 3 is 2.28 bits per heavy atom. The van der Waals surface area contributed by atoms with Crippen LogP contribution in [0.1, 0.15) is 31.0 Å². The van der Waals surface area contributed by atoms with E-state index in [1.54, 1.807) is 25.1 Å². The van der Waals surface area contributed by atoms with E-state index in [1.165, 1.54) is 38.4 Å². The smallest absolute Gasteiger partial charge is 0.242 e. The second-order valence-electron chi connectivity index (χ2n) is 7.47. The van der Waals surface area contributed by atoms with Crippen LogP contribution in [0.5, 0.6) is 0 Å². The molecular weight excluding hydrogens is 393 g/mol. The topological polar surface area (TPSA) is 78.5 Å². The molecule has 2 rings (SSSR count). The quantitative estimate of drug-likeness (QED) is 0.686. The van der Waals surface area contributed by atoms with E-state index in [0.717, 1.165) is 15.4 Å². The van der Waals surface area contributed by atoms with E-state index in [1.807, 2.05) is 13.8 Å². The van der Waals surface area contributed by atoms with Crippen LogP contribution in [-0.2, 0) is 14.8 Å². The van der Waals surface area contributed by atoms with Crippen LogP contribution in [0.2, 0.25) is 0 Å². The van der Waals surface area contributed by atoms with Crippen LogP contribution >= 0.6 is 0 Å². The van der Waals surface area contributed by atoms with Gasteiger partial charge < -0.3 is 10.6 Å². The highest BCUT2D eigenvalue weighted by atomic mass is 32.2. The number of carbonyl (C=O) groups is 1. The van der Waals surface area contributed by atoms with Crippen molar-refractivity contribution >= 4 is 21.6 Å². The van der Waals surface area contributed by atoms with Crippen LogP contribution in [0, 0.1) is 18.7 Å². The zero-order valence-electron chi connectivity index (χ0n) is 17.4. The molecule has 0 aliphatic rings. The number of hydrogen-bond acceptors (Lipinski definition) is 4. The summed E-state index contributed by atoms with van der Waals surface area (Å²) in [6.07, 6.45) is 0. The first-order valence-corrected chi connectivity index (χ1v) is 10.8. The highest BCUT2D eigenvalue weighted by molar-refractivity contribution is 7.89. The Labute approximate surface area is 172 Å². The van der Waals surface area contributed by atoms with Crippen molar-refractivity contribution in [3.05, 3.63) is 59.4 Å². The number of aryl methyl sites for hydroxylation is 1. The molecule has 0 aliphatic carbocycles. The summed E-state index contributed by atoms with van der Waals surface area (Å²) >= 11 is 0. The fourth-order valence-corrected chi connectivity index (χ4v) is 3.84. The average Bonchev–Trinajstić information content (AvgIpc) is 2.64. The second-order valence-corrected chi connectivity index (χ2v) is 9.62. The molecule has 0 bridgehead atoms. The maximum Gasteiger partial charge on any atom is 0.242 e. The van der Waals surface area contributed by atoms with E-state index in [-0.39, 0.29) is 35.1 Å². The van der Waals surface area contributed by atoms with E-state index < -0.39 is 10.0 Å². The molecule has 1 amide bonds. The number of amides is 1. The van der Waals surface area contributed by atoms with Crippen molar-refractivity contribution < 1.29 is 17.6 Å². The maximum atomic E-state index is 13.2. The van der Waals surface area contributed by atoms with Crippen molar-refractivity contribution in [1.29, 1.82) is 0 Å². The van der Waals surface area contributed by atoms with Crippen LogP contribution < -0.4 is 10.6 Å². The number of benzene rings is 2. The highest BCUT2D eigenvalue weighted by Crippen LogP contribution is 2.23. The molecule has 2 N–H and O–H groups in total. The van der Waals surface area contributed by atoms with Gasteiger partial charge in [-0.15, -0.1) is 0 Å². The SMILES string of the molecule is Cc1ccc(S(=O)(=O)N(C)C)cc1NC(=O)CNC(c1ccc(F)cc1)C(C)C. The Hall–Kier alpha value is -2.29. The van der Waals surface area contributed by atoms with Crippen molar-refractivity contribution in [2.75, 3.05) is 26.0 Å². The molecular formula is C21H28FN3O3S. The van der Waals surface area contributed by atoms with Crippen molar-refractivity contribution in [1.82, 2.24) is 9.62 Å². The van der Waals surface area contributed by atoms with Gasteiger partial charge in [-0.3, -0.25) is 4.79 Å². The van der Waals surface area contributed by atoms with Gasteiger partial charge >= 0.3 is 0 Å². The molecule has 0 aliphatic heterocycles. The van der Waals surface area contributed by atoms with Crippen molar-refractivity contribution in [2.45, 2.75) is 31.7 Å². The zero-order chi connectivity index (χ0) is 21.8. The minimum Gasteiger partial charge on any atom is -0.325 e. The van der Waals surface area contributed by atoms with Gasteiger partial charge in [0.15, 0.2) is 0 Å². The van der Waals surface area contributed by atoms with Gasteiger partial charge in [0.25, 0.3) is 0 Å². The number of nitrogens with zero attached hydrogens (tertiary/aromatic N) is 1. The molecule has 1 atom stereocenters. The predicted molar refractivity (Wildman–Crippen MR) is 113 cm³/mol. The fourth-order valence-electron chi connectivity index (χ4n) is 2.91. The van der Waals surface area contributed by atoms with Crippen LogP contribution in [0.25, 0.3) is 0 Å². The number of hydrogen-bond donors (Lipinski definition) is 2. The highest BCUT2D eigenvalue weighted by Gasteiger charge is 2.20. The standard InChI is InChI=1S/C21H28FN3O3S/c1-14(2)21(16-7-9-17(22)10-8-16)23-13-20(26)24-19-12-18(11-6-15(19)3)29(27,28)25(4)5/h6-12,14,21,23H,13H2,1-5H3,(H,24,26). The lowest BCUT2D eigenvalue weighted by Gasteiger charge is -2.23. The molecule has 0 radical (unpaired) electrons. The summed E-state index contributed by atoms with van der Waals surface area (Å²) in [7, 11) is -0.678. The predicted octanol–water partition coefficient (Wildman–Crippen LogP) is 3.31. The normalized spacial score (nSPS) is 13.0. The average molecular weight is 422 g/mol. The summed E-state index contributed by atoms with van der Waals surface area (Å²) < 4.78 is 39.0. The summed E-state index contributed by atoms with van der Waals surface area (Å²) in [4.78, 5) is 12.6. The Bertz CT molecular complexity index is 958. The second kappa shape index (κ2) is 9.47. The van der Waals surface area contributed by atoms with Gasteiger partial charge in [-0.25, -0.2) is 17.1 Å². The van der Waals surface area contributed by atoms with Gasteiger partial charge in [0.05, 0.1) is 11.4 Å². The van der Waals surface area contributed by atoms with E-state index in [9.17, 15) is 17.6 Å². The molecule has 158 valence electrons. The first kappa shape index (κ1) is 23.0. The van der Waals surface area contributed by atoms with Crippen molar-refractivity contribution in [3.63, 3.8) is 0 Å². The lowest BCUT2D eigenvalue weighted by atomic mass is 9.96. The van der Waals surface area contributed by atoms with Gasteiger partial charge in [0, 0.05) is 25.8 Å². The number of sulfonamides is 1. The molecule has 1 unspecified atom stereocenters. The summed E-state index contributed by atoms with van der Waals surface area (Å²) in [6, 6.07) is 10.7. The Kier molecular flexibility index (Phi) is 7.51. The van der Waals surface area contributed by atoms with Gasteiger partial charge in [0.1, 0.15) is 5.82 Å². The summed E-state index contributed by atoms with van der Waals surface area (Å²) in [5.41, 5.74) is 2.10. The van der Waals surface area contributed by atoms with Crippen molar-refractivity contribution in [2.24, 2.45) is 5.92 Å². The third-order valence-electron chi connectivity index (χ3n) is 4.64. The van der Waals surface area contributed by atoms with Gasteiger partial charge in [-0.1, -0.05) is 32.0 Å². The number of halogens is 1. The molecule has 0 aromatic heterocycles. The van der Waals surface area contributed by atoms with Gasteiger partial charge in [-0.2, -0.15) is 0 Å². The van der Waals surface area contributed by atoms with Gasteiger partial charge in [0.2, 0.25) is 15.9 Å². The third kappa shape index (κ3) is 5.85. The fraction of sp³-hybridized carbons (Fsp3) is 0.381. The largest absolute Gasteiger partial charge is 0.325 e. The van der Waals surface area contributed by atoms with E-state index in [2.05, 4.69) is 10.6 Å². The molecule has 6 nitrogen and oxygen atoms in total. The lowest BCUT2D eigenvalue weighted by molar-refractivity contribution is -0.115. The zero-order valence-corrected chi connectivity index (χ0v) is 18.2. The van der Waals surface area contributed by atoms with Crippen LogP contribution in [-0.4, -0.2) is 39.3 Å². The summed E-state index contributed by atoms with van der Waals surface area (Å²) in [6.45, 7) is 5.85. The van der Waals surface area contributed by atoms with Crippen LogP contribution in [0.4, 0.5) is 10.1 Å². The molecule has 0 saturated carbocycles. The molecule has 0 heterocycles. The van der Waals surface area contributed by atoms with Crippen LogP contribution in [0.3, 0.4) is 0 Å². The Balaban J connectivity index is 2.11. The van der Waals surface area contributed by atoms with E-state index in [0.29, 0.717) is 5.69 Å². The lowest BCUT2D eigenvalue weighted by Crippen LogP contribution is -2.33. The molecule has 0 fully saturated rings. The van der Waals surface area contributed by atoms with Crippen LogP contribution in [0.15, 0.2) is 47.4 Å². The third-order valence-corrected chi connectivity index (χ3v) is 6.45. The number of anilines is 1. The Morgan fingerprint density at radius 2 is 1.72 bits per heavy atom. The first-order valence-electron chi connectivity index (χ1n) is 9.34. The maximum absolute atomic E-state index is 13.2. The molecule has 0 saturated heterocycles. The minimum atomic E-state index is -3.59. The minimum absolute atomic E-state index is 0.0321. The number of rotatable bonds is 8. The monoisotopic (exact) mass is 421 g/mol. The van der Waals surface area contributed by atoms with Gasteiger partial charge in [-0.05, 0) is 48.2 Å². The number of nitrogens with one attached hydrogen (secondary N) is 2. The van der Waals surface area contributed by atoms with Crippen molar-refractivity contribution in [3.8, 4) is 0 Å². The summed E-state index contributed by atoms with van der Waals surface area (Å²) in [5.74, 6) is -0.416. The Morgan fingerprint density at radius 1 is 1.10 bits per heavy atom. The molecule has 0 spiro atoms. The van der Waals surface area contributed by atoms with E-state index in [4.69, 9.17) is 0 Å². The molecule has 2 aromatic carbocycles. The molecule has 2 aromatic rings. The number of carbonyl (C=O) groups excluding carboxylic acids is 1. The first-order chi connectivity index (χ1) is 13.5. The van der Waals surface area contributed by atoms with E-state index >= 15 is 0 Å².